The molecule has 6 nitrogen and oxygen atoms in total. The Morgan fingerprint density at radius 1 is 1.29 bits per heavy atom. The zero-order valence-electron chi connectivity index (χ0n) is 12.2. The first kappa shape index (κ1) is 15.7. The van der Waals surface area contributed by atoms with Gasteiger partial charge in [-0.3, -0.25) is 4.72 Å². The SMILES string of the molecule is CCNc1ccc(S(=O)(=O)Nc2nc(CC)c(C)s2)cn1. The van der Waals surface area contributed by atoms with Gasteiger partial charge in [0.15, 0.2) is 5.13 Å². The van der Waals surface area contributed by atoms with Crippen LogP contribution < -0.4 is 10.0 Å². The fourth-order valence-electron chi connectivity index (χ4n) is 1.80. The smallest absolute Gasteiger partial charge is 0.265 e. The van der Waals surface area contributed by atoms with Gasteiger partial charge in [-0.05, 0) is 32.4 Å². The highest BCUT2D eigenvalue weighted by atomic mass is 32.2. The fourth-order valence-corrected chi connectivity index (χ4v) is 3.88. The second-order valence-electron chi connectivity index (χ2n) is 4.39. The van der Waals surface area contributed by atoms with Gasteiger partial charge in [0, 0.05) is 17.6 Å². The first-order chi connectivity index (χ1) is 9.96. The second-order valence-corrected chi connectivity index (χ2v) is 7.28. The number of sulfonamides is 1. The van der Waals surface area contributed by atoms with Crippen LogP contribution in [0.15, 0.2) is 23.2 Å². The Hall–Kier alpha value is -1.67. The molecule has 0 aliphatic heterocycles. The lowest BCUT2D eigenvalue weighted by molar-refractivity contribution is 0.601. The summed E-state index contributed by atoms with van der Waals surface area (Å²) in [6.45, 7) is 6.60. The van der Waals surface area contributed by atoms with Gasteiger partial charge in [0.2, 0.25) is 0 Å². The fraction of sp³-hybridized carbons (Fsp3) is 0.385. The maximum absolute atomic E-state index is 12.3. The second kappa shape index (κ2) is 6.40. The number of thiazole rings is 1. The molecular formula is C13H18N4O2S2. The van der Waals surface area contributed by atoms with E-state index in [2.05, 4.69) is 20.0 Å². The van der Waals surface area contributed by atoms with Crippen molar-refractivity contribution in [1.29, 1.82) is 0 Å². The minimum absolute atomic E-state index is 0.120. The van der Waals surface area contributed by atoms with Crippen molar-refractivity contribution in [3.05, 3.63) is 28.9 Å². The van der Waals surface area contributed by atoms with Crippen LogP contribution in [0.4, 0.5) is 10.9 Å². The molecule has 0 bridgehead atoms. The van der Waals surface area contributed by atoms with Gasteiger partial charge in [0.1, 0.15) is 10.7 Å². The van der Waals surface area contributed by atoms with Crippen molar-refractivity contribution < 1.29 is 8.42 Å². The third-order valence-corrected chi connectivity index (χ3v) is 5.24. The Morgan fingerprint density at radius 2 is 2.05 bits per heavy atom. The Balaban J connectivity index is 2.20. The van der Waals surface area contributed by atoms with Gasteiger partial charge in [-0.1, -0.05) is 6.92 Å². The van der Waals surface area contributed by atoms with Crippen LogP contribution in [-0.4, -0.2) is 24.9 Å². The normalized spacial score (nSPS) is 11.4. The van der Waals surface area contributed by atoms with Gasteiger partial charge in [-0.15, -0.1) is 11.3 Å². The van der Waals surface area contributed by atoms with Crippen LogP contribution in [0.5, 0.6) is 0 Å². The summed E-state index contributed by atoms with van der Waals surface area (Å²) < 4.78 is 27.1. The Kier molecular flexibility index (Phi) is 4.79. The minimum atomic E-state index is -3.65. The molecule has 0 fully saturated rings. The van der Waals surface area contributed by atoms with Crippen LogP contribution in [0.1, 0.15) is 24.4 Å². The van der Waals surface area contributed by atoms with Crippen LogP contribution in [0.2, 0.25) is 0 Å². The molecule has 2 aromatic rings. The van der Waals surface area contributed by atoms with Gasteiger partial charge < -0.3 is 5.32 Å². The predicted octanol–water partition coefficient (Wildman–Crippen LogP) is 2.64. The molecule has 0 saturated carbocycles. The van der Waals surface area contributed by atoms with Crippen molar-refractivity contribution in [2.45, 2.75) is 32.1 Å². The van der Waals surface area contributed by atoms with Gasteiger partial charge in [-0.2, -0.15) is 0 Å². The Labute approximate surface area is 128 Å². The molecule has 2 N–H and O–H groups in total. The largest absolute Gasteiger partial charge is 0.370 e. The average molecular weight is 326 g/mol. The molecule has 2 heterocycles. The predicted molar refractivity (Wildman–Crippen MR) is 85.4 cm³/mol. The third kappa shape index (κ3) is 3.70. The summed E-state index contributed by atoms with van der Waals surface area (Å²) in [6.07, 6.45) is 2.12. The lowest BCUT2D eigenvalue weighted by Crippen LogP contribution is -2.13. The third-order valence-electron chi connectivity index (χ3n) is 2.85. The summed E-state index contributed by atoms with van der Waals surface area (Å²) in [6, 6.07) is 3.16. The molecule has 0 aliphatic rings. The van der Waals surface area contributed by atoms with E-state index >= 15 is 0 Å². The first-order valence-electron chi connectivity index (χ1n) is 6.65. The molecule has 0 unspecified atom stereocenters. The highest BCUT2D eigenvalue weighted by molar-refractivity contribution is 7.93. The number of pyridine rings is 1. The highest BCUT2D eigenvalue weighted by Crippen LogP contribution is 2.25. The average Bonchev–Trinajstić information content (AvgIpc) is 2.79. The lowest BCUT2D eigenvalue weighted by atomic mass is 10.3. The summed E-state index contributed by atoms with van der Waals surface area (Å²) in [5.41, 5.74) is 0.915. The number of anilines is 2. The van der Waals surface area contributed by atoms with E-state index < -0.39 is 10.0 Å². The van der Waals surface area contributed by atoms with Crippen LogP contribution in [0, 0.1) is 6.92 Å². The standard InChI is InChI=1S/C13H18N4O2S2/c1-4-11-9(3)20-13(16-11)17-21(18,19)10-6-7-12(14-5-2)15-8-10/h6-8H,4-5H2,1-3H3,(H,14,15)(H,16,17). The van der Waals surface area contributed by atoms with Gasteiger partial charge >= 0.3 is 0 Å². The van der Waals surface area contributed by atoms with E-state index in [1.54, 1.807) is 6.07 Å². The number of aryl methyl sites for hydroxylation is 2. The van der Waals surface area contributed by atoms with E-state index in [1.165, 1.54) is 23.6 Å². The molecule has 0 spiro atoms. The molecule has 0 saturated heterocycles. The van der Waals surface area contributed by atoms with Crippen molar-refractivity contribution in [2.24, 2.45) is 0 Å². The lowest BCUT2D eigenvalue weighted by Gasteiger charge is -2.06. The summed E-state index contributed by atoms with van der Waals surface area (Å²) in [5.74, 6) is 0.648. The topological polar surface area (TPSA) is 84.0 Å². The van der Waals surface area contributed by atoms with E-state index in [4.69, 9.17) is 0 Å². The Bertz CT molecular complexity index is 708. The van der Waals surface area contributed by atoms with E-state index in [9.17, 15) is 8.42 Å². The summed E-state index contributed by atoms with van der Waals surface area (Å²) in [5, 5.41) is 3.41. The van der Waals surface area contributed by atoms with Gasteiger partial charge in [-0.25, -0.2) is 18.4 Å². The molecule has 0 aromatic carbocycles. The molecule has 0 atom stereocenters. The van der Waals surface area contributed by atoms with E-state index in [1.807, 2.05) is 20.8 Å². The van der Waals surface area contributed by atoms with Gasteiger partial charge in [0.05, 0.1) is 5.69 Å². The van der Waals surface area contributed by atoms with Crippen LogP contribution in [0.3, 0.4) is 0 Å². The van der Waals surface area contributed by atoms with Crippen molar-refractivity contribution in [3.63, 3.8) is 0 Å². The molecule has 21 heavy (non-hydrogen) atoms. The van der Waals surface area contributed by atoms with Crippen LogP contribution in [-0.2, 0) is 16.4 Å². The molecule has 2 rings (SSSR count). The number of hydrogen-bond donors (Lipinski definition) is 2. The molecule has 2 aromatic heterocycles. The van der Waals surface area contributed by atoms with E-state index in [-0.39, 0.29) is 4.90 Å². The number of nitrogens with zero attached hydrogens (tertiary/aromatic N) is 2. The summed E-state index contributed by atoms with van der Waals surface area (Å²) in [7, 11) is -3.65. The highest BCUT2D eigenvalue weighted by Gasteiger charge is 2.17. The summed E-state index contributed by atoms with van der Waals surface area (Å²) >= 11 is 1.34. The quantitative estimate of drug-likeness (QED) is 0.852. The van der Waals surface area contributed by atoms with Crippen molar-refractivity contribution >= 4 is 32.3 Å². The van der Waals surface area contributed by atoms with Crippen molar-refractivity contribution in [1.82, 2.24) is 9.97 Å². The van der Waals surface area contributed by atoms with Crippen molar-refractivity contribution in [3.8, 4) is 0 Å². The van der Waals surface area contributed by atoms with Crippen molar-refractivity contribution in [2.75, 3.05) is 16.6 Å². The van der Waals surface area contributed by atoms with E-state index in [0.29, 0.717) is 10.9 Å². The Morgan fingerprint density at radius 3 is 2.57 bits per heavy atom. The number of aromatic nitrogens is 2. The van der Waals surface area contributed by atoms with Gasteiger partial charge in [0.25, 0.3) is 10.0 Å². The van der Waals surface area contributed by atoms with Crippen LogP contribution >= 0.6 is 11.3 Å². The molecule has 114 valence electrons. The maximum atomic E-state index is 12.3. The molecular weight excluding hydrogens is 308 g/mol. The molecule has 0 amide bonds. The monoisotopic (exact) mass is 326 g/mol. The zero-order chi connectivity index (χ0) is 15.5. The molecule has 8 heteroatoms. The van der Waals surface area contributed by atoms with E-state index in [0.717, 1.165) is 23.5 Å². The number of rotatable bonds is 6. The number of hydrogen-bond acceptors (Lipinski definition) is 6. The number of nitrogens with one attached hydrogen (secondary N) is 2. The molecule has 0 radical (unpaired) electrons. The minimum Gasteiger partial charge on any atom is -0.370 e. The zero-order valence-corrected chi connectivity index (χ0v) is 13.8. The maximum Gasteiger partial charge on any atom is 0.265 e. The first-order valence-corrected chi connectivity index (χ1v) is 8.95. The van der Waals surface area contributed by atoms with Crippen LogP contribution in [0.25, 0.3) is 0 Å². The molecule has 0 aliphatic carbocycles. The summed E-state index contributed by atoms with van der Waals surface area (Å²) in [4.78, 5) is 9.49.